The first-order valence-corrected chi connectivity index (χ1v) is 8.10. The van der Waals surface area contributed by atoms with Gasteiger partial charge in [-0.1, -0.05) is 36.4 Å². The zero-order chi connectivity index (χ0) is 18.5. The van der Waals surface area contributed by atoms with Crippen molar-refractivity contribution in [2.75, 3.05) is 25.3 Å². The first-order valence-electron chi connectivity index (χ1n) is 8.10. The Morgan fingerprint density at radius 3 is 2.12 bits per heavy atom. The fourth-order valence-electron chi connectivity index (χ4n) is 2.76. The van der Waals surface area contributed by atoms with Gasteiger partial charge in [-0.25, -0.2) is 0 Å². The van der Waals surface area contributed by atoms with E-state index in [0.717, 1.165) is 11.1 Å². The summed E-state index contributed by atoms with van der Waals surface area (Å²) in [5.74, 6) is 0.964. The van der Waals surface area contributed by atoms with Gasteiger partial charge in [-0.3, -0.25) is 4.79 Å². The second-order valence-corrected chi connectivity index (χ2v) is 5.70. The average Bonchev–Trinajstić information content (AvgIpc) is 2.67. The Balaban J connectivity index is 1.98. The van der Waals surface area contributed by atoms with Gasteiger partial charge in [0.05, 0.1) is 19.8 Å². The topological polar surface area (TPSA) is 73.6 Å². The molecule has 26 heavy (non-hydrogen) atoms. The van der Waals surface area contributed by atoms with Gasteiger partial charge in [0.25, 0.3) is 5.91 Å². The largest absolute Gasteiger partial charge is 0.496 e. The smallest absolute Gasteiger partial charge is 0.255 e. The van der Waals surface area contributed by atoms with Crippen LogP contribution in [0.15, 0.2) is 66.7 Å². The fraction of sp³-hybridized carbons (Fsp3) is 0.0952. The highest BCUT2D eigenvalue weighted by atomic mass is 16.5. The van der Waals surface area contributed by atoms with Crippen LogP contribution in [0.25, 0.3) is 11.1 Å². The summed E-state index contributed by atoms with van der Waals surface area (Å²) in [6, 6.07) is 20.2. The summed E-state index contributed by atoms with van der Waals surface area (Å²) in [7, 11) is 3.18. The van der Waals surface area contributed by atoms with E-state index in [4.69, 9.17) is 15.2 Å². The quantitative estimate of drug-likeness (QED) is 0.678. The predicted molar refractivity (Wildman–Crippen MR) is 104 cm³/mol. The number of nitrogen functional groups attached to an aromatic ring is 1. The lowest BCUT2D eigenvalue weighted by Crippen LogP contribution is -2.12. The zero-order valence-corrected chi connectivity index (χ0v) is 14.7. The minimum Gasteiger partial charge on any atom is -0.496 e. The molecule has 1 amide bonds. The molecular formula is C21H20N2O3. The number of ether oxygens (including phenoxy) is 2. The van der Waals surface area contributed by atoms with Crippen LogP contribution in [-0.4, -0.2) is 20.1 Å². The molecule has 5 heteroatoms. The van der Waals surface area contributed by atoms with Crippen molar-refractivity contribution in [2.24, 2.45) is 0 Å². The number of amides is 1. The maximum absolute atomic E-state index is 12.5. The molecule has 0 radical (unpaired) electrons. The molecule has 0 unspecified atom stereocenters. The summed E-state index contributed by atoms with van der Waals surface area (Å²) in [5, 5.41) is 2.86. The Morgan fingerprint density at radius 2 is 1.54 bits per heavy atom. The van der Waals surface area contributed by atoms with Crippen LogP contribution in [0.3, 0.4) is 0 Å². The van der Waals surface area contributed by atoms with Crippen molar-refractivity contribution in [3.63, 3.8) is 0 Å². The van der Waals surface area contributed by atoms with E-state index in [-0.39, 0.29) is 5.91 Å². The van der Waals surface area contributed by atoms with Crippen LogP contribution >= 0.6 is 0 Å². The normalized spacial score (nSPS) is 10.2. The molecule has 0 atom stereocenters. The van der Waals surface area contributed by atoms with Gasteiger partial charge < -0.3 is 20.5 Å². The third-order valence-electron chi connectivity index (χ3n) is 3.97. The van der Waals surface area contributed by atoms with Crippen LogP contribution < -0.4 is 20.5 Å². The third kappa shape index (κ3) is 3.62. The number of benzene rings is 3. The van der Waals surface area contributed by atoms with Gasteiger partial charge in [-0.15, -0.1) is 0 Å². The number of carbonyl (C=O) groups excluding carboxylic acids is 1. The Morgan fingerprint density at radius 1 is 0.885 bits per heavy atom. The van der Waals surface area contributed by atoms with E-state index < -0.39 is 0 Å². The minimum atomic E-state index is -0.256. The summed E-state index contributed by atoms with van der Waals surface area (Å²) in [4.78, 5) is 12.5. The number of anilines is 2. The van der Waals surface area contributed by atoms with Crippen LogP contribution in [-0.2, 0) is 0 Å². The molecular weight excluding hydrogens is 328 g/mol. The molecule has 3 N–H and O–H groups in total. The van der Waals surface area contributed by atoms with E-state index in [1.54, 1.807) is 50.6 Å². The molecule has 0 aromatic heterocycles. The van der Waals surface area contributed by atoms with Gasteiger partial charge in [0.2, 0.25) is 0 Å². The Hall–Kier alpha value is -3.47. The average molecular weight is 348 g/mol. The van der Waals surface area contributed by atoms with Gasteiger partial charge in [-0.2, -0.15) is 0 Å². The summed E-state index contributed by atoms with van der Waals surface area (Å²) < 4.78 is 11.1. The number of nitrogens with two attached hydrogens (primary N) is 1. The highest BCUT2D eigenvalue weighted by Crippen LogP contribution is 2.41. The second kappa shape index (κ2) is 7.61. The van der Waals surface area contributed by atoms with Gasteiger partial charge in [-0.05, 0) is 23.8 Å². The van der Waals surface area contributed by atoms with E-state index in [9.17, 15) is 4.79 Å². The van der Waals surface area contributed by atoms with Crippen LogP contribution in [0.4, 0.5) is 11.4 Å². The first-order chi connectivity index (χ1) is 12.6. The van der Waals surface area contributed by atoms with Crippen molar-refractivity contribution in [3.8, 4) is 22.6 Å². The molecule has 0 aliphatic heterocycles. The minimum absolute atomic E-state index is 0.256. The van der Waals surface area contributed by atoms with E-state index in [1.807, 2.05) is 30.3 Å². The molecule has 0 aliphatic carbocycles. The highest BCUT2D eigenvalue weighted by molar-refractivity contribution is 6.05. The Bertz CT molecular complexity index is 899. The van der Waals surface area contributed by atoms with Crippen LogP contribution in [0.5, 0.6) is 11.5 Å². The number of nitrogens with one attached hydrogen (secondary N) is 1. The van der Waals surface area contributed by atoms with Gasteiger partial charge >= 0.3 is 0 Å². The van der Waals surface area contributed by atoms with Crippen molar-refractivity contribution in [3.05, 3.63) is 72.3 Å². The summed E-state index contributed by atoms with van der Waals surface area (Å²) >= 11 is 0. The molecule has 0 saturated heterocycles. The number of methoxy groups -OCH3 is 2. The van der Waals surface area contributed by atoms with Crippen LogP contribution in [0, 0.1) is 0 Å². The molecule has 0 bridgehead atoms. The lowest BCUT2D eigenvalue weighted by atomic mass is 10.0. The molecule has 5 nitrogen and oxygen atoms in total. The lowest BCUT2D eigenvalue weighted by molar-refractivity contribution is 0.102. The SMILES string of the molecule is COc1cc(NC(=O)c2cccc(N)c2)cc(OC)c1-c1ccccc1. The summed E-state index contributed by atoms with van der Waals surface area (Å²) in [5.41, 5.74) is 9.13. The molecule has 3 aromatic rings. The standard InChI is InChI=1S/C21H20N2O3/c1-25-18-12-17(23-21(24)15-9-6-10-16(22)11-15)13-19(26-2)20(18)14-7-4-3-5-8-14/h3-13H,22H2,1-2H3,(H,23,24). The Labute approximate surface area is 152 Å². The highest BCUT2D eigenvalue weighted by Gasteiger charge is 2.16. The first kappa shape index (κ1) is 17.4. The fourth-order valence-corrected chi connectivity index (χ4v) is 2.76. The molecule has 0 heterocycles. The Kier molecular flexibility index (Phi) is 5.08. The number of carbonyl (C=O) groups is 1. The van der Waals surface area contributed by atoms with E-state index in [1.165, 1.54) is 0 Å². The van der Waals surface area contributed by atoms with Crippen LogP contribution in [0.1, 0.15) is 10.4 Å². The summed E-state index contributed by atoms with van der Waals surface area (Å²) in [6.45, 7) is 0. The van der Waals surface area contributed by atoms with Crippen molar-refractivity contribution in [1.82, 2.24) is 0 Å². The summed E-state index contributed by atoms with van der Waals surface area (Å²) in [6.07, 6.45) is 0. The van der Waals surface area contributed by atoms with E-state index in [0.29, 0.717) is 28.4 Å². The predicted octanol–water partition coefficient (Wildman–Crippen LogP) is 4.21. The monoisotopic (exact) mass is 348 g/mol. The number of hydrogen-bond acceptors (Lipinski definition) is 4. The molecule has 0 aliphatic rings. The van der Waals surface area contributed by atoms with Crippen molar-refractivity contribution in [1.29, 1.82) is 0 Å². The molecule has 0 fully saturated rings. The lowest BCUT2D eigenvalue weighted by Gasteiger charge is -2.16. The van der Waals surface area contributed by atoms with Gasteiger partial charge in [0.1, 0.15) is 11.5 Å². The van der Waals surface area contributed by atoms with Crippen molar-refractivity contribution < 1.29 is 14.3 Å². The second-order valence-electron chi connectivity index (χ2n) is 5.70. The molecule has 0 saturated carbocycles. The number of rotatable bonds is 5. The number of hydrogen-bond donors (Lipinski definition) is 2. The van der Waals surface area contributed by atoms with Gasteiger partial charge in [0, 0.05) is 29.1 Å². The van der Waals surface area contributed by atoms with Crippen molar-refractivity contribution in [2.45, 2.75) is 0 Å². The zero-order valence-electron chi connectivity index (χ0n) is 14.7. The van der Waals surface area contributed by atoms with Gasteiger partial charge in [0.15, 0.2) is 0 Å². The van der Waals surface area contributed by atoms with E-state index >= 15 is 0 Å². The maximum atomic E-state index is 12.5. The molecule has 3 aromatic carbocycles. The van der Waals surface area contributed by atoms with Crippen molar-refractivity contribution >= 4 is 17.3 Å². The van der Waals surface area contributed by atoms with Crippen LogP contribution in [0.2, 0.25) is 0 Å². The maximum Gasteiger partial charge on any atom is 0.255 e. The van der Waals surface area contributed by atoms with E-state index in [2.05, 4.69) is 5.32 Å². The molecule has 3 rings (SSSR count). The molecule has 132 valence electrons. The third-order valence-corrected chi connectivity index (χ3v) is 3.97. The molecule has 0 spiro atoms.